The van der Waals surface area contributed by atoms with Crippen LogP contribution in [0, 0.1) is 11.8 Å². The number of thiophene rings is 1. The van der Waals surface area contributed by atoms with E-state index in [9.17, 15) is 4.79 Å². The first-order chi connectivity index (χ1) is 9.70. The highest BCUT2D eigenvalue weighted by molar-refractivity contribution is 7.07. The van der Waals surface area contributed by atoms with Crippen molar-refractivity contribution >= 4 is 17.2 Å². The molecular formula is C16H24N2OS. The highest BCUT2D eigenvalue weighted by Crippen LogP contribution is 2.39. The van der Waals surface area contributed by atoms with Crippen molar-refractivity contribution in [3.8, 4) is 0 Å². The quantitative estimate of drug-likeness (QED) is 0.929. The highest BCUT2D eigenvalue weighted by Gasteiger charge is 2.42. The molecule has 1 aliphatic heterocycles. The number of likely N-dealkylation sites (N-methyl/N-ethyl adjacent to an activating group) is 1. The fourth-order valence-electron chi connectivity index (χ4n) is 4.08. The van der Waals surface area contributed by atoms with E-state index in [2.05, 4.69) is 34.0 Å². The zero-order chi connectivity index (χ0) is 14.1. The second kappa shape index (κ2) is 5.86. The summed E-state index contributed by atoms with van der Waals surface area (Å²) in [6.07, 6.45) is 4.93. The first-order valence-electron chi connectivity index (χ1n) is 7.69. The molecule has 3 rings (SSSR count). The number of likely N-dealkylation sites (tertiary alicyclic amines) is 1. The Morgan fingerprint density at radius 3 is 3.00 bits per heavy atom. The molecule has 1 aliphatic carbocycles. The molecule has 1 saturated heterocycles. The van der Waals surface area contributed by atoms with Crippen LogP contribution in [0.25, 0.3) is 0 Å². The van der Waals surface area contributed by atoms with Gasteiger partial charge < -0.3 is 10.2 Å². The molecule has 1 N–H and O–H groups in total. The first-order valence-corrected chi connectivity index (χ1v) is 8.63. The van der Waals surface area contributed by atoms with Gasteiger partial charge in [-0.2, -0.15) is 11.3 Å². The van der Waals surface area contributed by atoms with Crippen molar-refractivity contribution in [2.24, 2.45) is 11.8 Å². The van der Waals surface area contributed by atoms with Gasteiger partial charge in [0.25, 0.3) is 0 Å². The van der Waals surface area contributed by atoms with Gasteiger partial charge in [-0.3, -0.25) is 4.79 Å². The van der Waals surface area contributed by atoms with Crippen LogP contribution in [0.3, 0.4) is 0 Å². The molecular weight excluding hydrogens is 268 g/mol. The second-order valence-electron chi connectivity index (χ2n) is 6.34. The third-order valence-electron chi connectivity index (χ3n) is 5.06. The fraction of sp³-hybridized carbons (Fsp3) is 0.688. The van der Waals surface area contributed by atoms with E-state index >= 15 is 0 Å². The maximum absolute atomic E-state index is 12.9. The van der Waals surface area contributed by atoms with Crippen LogP contribution < -0.4 is 5.32 Å². The van der Waals surface area contributed by atoms with Crippen LogP contribution in [0.1, 0.15) is 38.2 Å². The predicted octanol–water partition coefficient (Wildman–Crippen LogP) is 2.87. The van der Waals surface area contributed by atoms with Crippen LogP contribution in [-0.4, -0.2) is 29.9 Å². The summed E-state index contributed by atoms with van der Waals surface area (Å²) < 4.78 is 0. The maximum atomic E-state index is 12.9. The average Bonchev–Trinajstić information content (AvgIpc) is 3.06. The summed E-state index contributed by atoms with van der Waals surface area (Å²) in [4.78, 5) is 15.1. The van der Waals surface area contributed by atoms with Gasteiger partial charge in [-0.25, -0.2) is 0 Å². The molecule has 0 bridgehead atoms. The minimum absolute atomic E-state index is 0.0146. The van der Waals surface area contributed by atoms with E-state index in [-0.39, 0.29) is 6.04 Å². The molecule has 1 aromatic rings. The van der Waals surface area contributed by atoms with Gasteiger partial charge in [-0.1, -0.05) is 13.3 Å². The molecule has 110 valence electrons. The Labute approximate surface area is 125 Å². The lowest BCUT2D eigenvalue weighted by atomic mass is 9.90. The lowest BCUT2D eigenvalue weighted by molar-refractivity contribution is -0.136. The van der Waals surface area contributed by atoms with Gasteiger partial charge in [0.15, 0.2) is 0 Å². The summed E-state index contributed by atoms with van der Waals surface area (Å²) in [5.74, 6) is 1.44. The van der Waals surface area contributed by atoms with Gasteiger partial charge in [0, 0.05) is 12.6 Å². The largest absolute Gasteiger partial charge is 0.334 e. The van der Waals surface area contributed by atoms with Crippen molar-refractivity contribution in [1.82, 2.24) is 10.2 Å². The van der Waals surface area contributed by atoms with E-state index < -0.39 is 0 Å². The summed E-state index contributed by atoms with van der Waals surface area (Å²) in [5, 5.41) is 7.52. The minimum atomic E-state index is -0.0146. The van der Waals surface area contributed by atoms with Crippen molar-refractivity contribution in [2.75, 3.05) is 7.05 Å². The van der Waals surface area contributed by atoms with Crippen molar-refractivity contribution in [3.05, 3.63) is 22.4 Å². The average molecular weight is 292 g/mol. The molecule has 2 heterocycles. The standard InChI is InChI=1S/C16H24N2OS/c1-11-8-13-4-3-5-14(13)18(16(19)15(11)17-2)9-12-6-7-20-10-12/h6-7,10-11,13-15,17H,3-5,8-9H2,1-2H3. The molecule has 1 aromatic heterocycles. The number of hydrogen-bond acceptors (Lipinski definition) is 3. The second-order valence-corrected chi connectivity index (χ2v) is 7.12. The Bertz CT molecular complexity index is 459. The monoisotopic (exact) mass is 292 g/mol. The summed E-state index contributed by atoms with van der Waals surface area (Å²) in [7, 11) is 1.92. The molecule has 0 spiro atoms. The highest BCUT2D eigenvalue weighted by atomic mass is 32.1. The van der Waals surface area contributed by atoms with Crippen molar-refractivity contribution in [1.29, 1.82) is 0 Å². The molecule has 20 heavy (non-hydrogen) atoms. The van der Waals surface area contributed by atoms with Crippen LogP contribution >= 0.6 is 11.3 Å². The van der Waals surface area contributed by atoms with Crippen LogP contribution in [-0.2, 0) is 11.3 Å². The summed E-state index contributed by atoms with van der Waals surface area (Å²) in [5.41, 5.74) is 1.28. The smallest absolute Gasteiger partial charge is 0.240 e. The van der Waals surface area contributed by atoms with Crippen molar-refractivity contribution in [2.45, 2.75) is 51.2 Å². The van der Waals surface area contributed by atoms with Gasteiger partial charge in [-0.05, 0) is 60.5 Å². The summed E-state index contributed by atoms with van der Waals surface area (Å²) >= 11 is 1.71. The number of fused-ring (bicyclic) bond motifs is 1. The molecule has 2 fully saturated rings. The topological polar surface area (TPSA) is 32.3 Å². The molecule has 0 radical (unpaired) electrons. The summed E-state index contributed by atoms with van der Waals surface area (Å²) in [6, 6.07) is 2.59. The normalized spacial score (nSPS) is 34.1. The Kier molecular flexibility index (Phi) is 4.13. The van der Waals surface area contributed by atoms with Crippen LogP contribution in [0.15, 0.2) is 16.8 Å². The van der Waals surface area contributed by atoms with Gasteiger partial charge in [0.1, 0.15) is 0 Å². The van der Waals surface area contributed by atoms with E-state index in [4.69, 9.17) is 0 Å². The van der Waals surface area contributed by atoms with E-state index in [0.29, 0.717) is 23.8 Å². The third kappa shape index (κ3) is 2.51. The lowest BCUT2D eigenvalue weighted by Gasteiger charge is -2.32. The molecule has 3 nitrogen and oxygen atoms in total. The molecule has 0 aromatic carbocycles. The number of hydrogen-bond donors (Lipinski definition) is 1. The fourth-order valence-corrected chi connectivity index (χ4v) is 4.74. The van der Waals surface area contributed by atoms with Gasteiger partial charge in [0.05, 0.1) is 6.04 Å². The molecule has 4 atom stereocenters. The number of carbonyl (C=O) groups is 1. The number of nitrogens with one attached hydrogen (secondary N) is 1. The Hall–Kier alpha value is -0.870. The number of amides is 1. The Balaban J connectivity index is 1.87. The van der Waals surface area contributed by atoms with E-state index in [1.54, 1.807) is 11.3 Å². The van der Waals surface area contributed by atoms with Gasteiger partial charge in [-0.15, -0.1) is 0 Å². The van der Waals surface area contributed by atoms with Gasteiger partial charge in [0.2, 0.25) is 5.91 Å². The van der Waals surface area contributed by atoms with Crippen molar-refractivity contribution < 1.29 is 4.79 Å². The first kappa shape index (κ1) is 14.1. The van der Waals surface area contributed by atoms with Gasteiger partial charge >= 0.3 is 0 Å². The van der Waals surface area contributed by atoms with E-state index in [1.165, 1.54) is 31.2 Å². The zero-order valence-electron chi connectivity index (χ0n) is 12.3. The molecule has 1 amide bonds. The van der Waals surface area contributed by atoms with E-state index in [0.717, 1.165) is 6.54 Å². The Morgan fingerprint density at radius 1 is 1.45 bits per heavy atom. The Morgan fingerprint density at radius 2 is 2.30 bits per heavy atom. The lowest BCUT2D eigenvalue weighted by Crippen LogP contribution is -2.49. The zero-order valence-corrected chi connectivity index (χ0v) is 13.2. The number of nitrogens with zero attached hydrogens (tertiary/aromatic N) is 1. The molecule has 1 saturated carbocycles. The maximum Gasteiger partial charge on any atom is 0.240 e. The minimum Gasteiger partial charge on any atom is -0.334 e. The van der Waals surface area contributed by atoms with Crippen LogP contribution in [0.2, 0.25) is 0 Å². The van der Waals surface area contributed by atoms with Crippen LogP contribution in [0.5, 0.6) is 0 Å². The molecule has 2 aliphatic rings. The number of rotatable bonds is 3. The number of carbonyl (C=O) groups excluding carboxylic acids is 1. The van der Waals surface area contributed by atoms with Crippen LogP contribution in [0.4, 0.5) is 0 Å². The predicted molar refractivity (Wildman–Crippen MR) is 82.6 cm³/mol. The SMILES string of the molecule is CNC1C(=O)N(Cc2ccsc2)C2CCCC2CC1C. The van der Waals surface area contributed by atoms with E-state index in [1.807, 2.05) is 7.05 Å². The van der Waals surface area contributed by atoms with Crippen molar-refractivity contribution in [3.63, 3.8) is 0 Å². The molecule has 4 unspecified atom stereocenters. The summed E-state index contributed by atoms with van der Waals surface area (Å²) in [6.45, 7) is 3.01. The molecule has 4 heteroatoms. The third-order valence-corrected chi connectivity index (χ3v) is 5.79.